The molecule has 1 aromatic carbocycles. The molecule has 23 heavy (non-hydrogen) atoms. The van der Waals surface area contributed by atoms with Crippen molar-refractivity contribution in [3.8, 4) is 0 Å². The van der Waals surface area contributed by atoms with E-state index in [-0.39, 0.29) is 25.0 Å². The van der Waals surface area contributed by atoms with Gasteiger partial charge < -0.3 is 15.0 Å². The maximum Gasteiger partial charge on any atom is 0.248 e. The third kappa shape index (κ3) is 3.39. The molecule has 0 aromatic heterocycles. The Morgan fingerprint density at radius 2 is 2.13 bits per heavy atom. The van der Waals surface area contributed by atoms with Crippen LogP contribution in [-0.2, 0) is 20.7 Å². The third-order valence-electron chi connectivity index (χ3n) is 5.10. The Morgan fingerprint density at radius 1 is 1.35 bits per heavy atom. The minimum absolute atomic E-state index is 0.00728. The number of fused-ring (bicyclic) bond motifs is 3. The average molecular weight is 316 g/mol. The van der Waals surface area contributed by atoms with Gasteiger partial charge >= 0.3 is 0 Å². The maximum absolute atomic E-state index is 12.0. The molecule has 124 valence electrons. The summed E-state index contributed by atoms with van der Waals surface area (Å²) in [5.74, 6) is 1.57. The number of methoxy groups -OCH3 is 1. The second-order valence-electron chi connectivity index (χ2n) is 6.58. The molecule has 0 heterocycles. The highest BCUT2D eigenvalue weighted by atomic mass is 16.5. The van der Waals surface area contributed by atoms with E-state index in [1.54, 1.807) is 7.05 Å². The lowest BCUT2D eigenvalue weighted by Gasteiger charge is -2.16. The van der Waals surface area contributed by atoms with Crippen molar-refractivity contribution in [3.63, 3.8) is 0 Å². The van der Waals surface area contributed by atoms with Crippen LogP contribution in [-0.4, -0.2) is 50.6 Å². The van der Waals surface area contributed by atoms with E-state index in [2.05, 4.69) is 29.6 Å². The Bertz CT molecular complexity index is 602. The number of carbonyl (C=O) groups is 2. The van der Waals surface area contributed by atoms with E-state index in [0.29, 0.717) is 24.3 Å². The van der Waals surface area contributed by atoms with Crippen molar-refractivity contribution in [2.24, 2.45) is 11.8 Å². The molecular formula is C18H24N2O3. The van der Waals surface area contributed by atoms with E-state index < -0.39 is 0 Å². The van der Waals surface area contributed by atoms with Crippen molar-refractivity contribution in [1.82, 2.24) is 10.2 Å². The van der Waals surface area contributed by atoms with Gasteiger partial charge in [0.2, 0.25) is 11.8 Å². The molecular weight excluding hydrogens is 292 g/mol. The summed E-state index contributed by atoms with van der Waals surface area (Å²) in [7, 11) is 3.09. The number of ether oxygens (including phenoxy) is 1. The topological polar surface area (TPSA) is 58.6 Å². The molecule has 2 amide bonds. The van der Waals surface area contributed by atoms with Gasteiger partial charge in [0, 0.05) is 20.7 Å². The van der Waals surface area contributed by atoms with Crippen LogP contribution in [0.15, 0.2) is 24.3 Å². The molecule has 0 aliphatic heterocycles. The van der Waals surface area contributed by atoms with Crippen LogP contribution >= 0.6 is 0 Å². The van der Waals surface area contributed by atoms with Gasteiger partial charge in [0.25, 0.3) is 0 Å². The summed E-state index contributed by atoms with van der Waals surface area (Å²) in [6.07, 6.45) is 2.37. The monoisotopic (exact) mass is 316 g/mol. The number of amides is 2. The minimum atomic E-state index is -0.184. The van der Waals surface area contributed by atoms with Gasteiger partial charge in [-0.25, -0.2) is 0 Å². The fourth-order valence-corrected chi connectivity index (χ4v) is 3.81. The Morgan fingerprint density at radius 3 is 2.91 bits per heavy atom. The highest BCUT2D eigenvalue weighted by Crippen LogP contribution is 2.59. The fraction of sp³-hybridized carbons (Fsp3) is 0.556. The molecule has 1 aromatic rings. The van der Waals surface area contributed by atoms with E-state index in [0.717, 1.165) is 6.42 Å². The number of hydrogen-bond acceptors (Lipinski definition) is 3. The molecule has 5 nitrogen and oxygen atoms in total. The van der Waals surface area contributed by atoms with Crippen LogP contribution < -0.4 is 5.32 Å². The summed E-state index contributed by atoms with van der Waals surface area (Å²) in [5, 5.41) is 2.99. The Kier molecular flexibility index (Phi) is 4.66. The molecule has 1 saturated carbocycles. The van der Waals surface area contributed by atoms with E-state index in [4.69, 9.17) is 4.74 Å². The smallest absolute Gasteiger partial charge is 0.248 e. The van der Waals surface area contributed by atoms with Crippen molar-refractivity contribution in [2.75, 3.05) is 33.9 Å². The van der Waals surface area contributed by atoms with E-state index in [1.807, 2.05) is 0 Å². The lowest BCUT2D eigenvalue weighted by Crippen LogP contribution is -2.40. The molecule has 5 heteroatoms. The van der Waals surface area contributed by atoms with Crippen LogP contribution in [0, 0.1) is 11.8 Å². The van der Waals surface area contributed by atoms with Crippen LogP contribution in [0.4, 0.5) is 0 Å². The van der Waals surface area contributed by atoms with Gasteiger partial charge in [0.1, 0.15) is 6.61 Å². The number of carbonyl (C=O) groups excluding carboxylic acids is 2. The van der Waals surface area contributed by atoms with Crippen LogP contribution in [0.3, 0.4) is 0 Å². The van der Waals surface area contributed by atoms with Gasteiger partial charge in [-0.1, -0.05) is 24.3 Å². The lowest BCUT2D eigenvalue weighted by atomic mass is 9.92. The van der Waals surface area contributed by atoms with Crippen LogP contribution in [0.2, 0.25) is 0 Å². The molecule has 0 unspecified atom stereocenters. The lowest BCUT2D eigenvalue weighted by molar-refractivity contribution is -0.137. The van der Waals surface area contributed by atoms with Crippen molar-refractivity contribution < 1.29 is 14.3 Å². The normalized spacial score (nSPS) is 24.3. The van der Waals surface area contributed by atoms with Gasteiger partial charge in [-0.3, -0.25) is 9.59 Å². The minimum Gasteiger partial charge on any atom is -0.375 e. The quantitative estimate of drug-likeness (QED) is 0.857. The van der Waals surface area contributed by atoms with E-state index >= 15 is 0 Å². The largest absolute Gasteiger partial charge is 0.375 e. The molecule has 1 N–H and O–H groups in total. The number of nitrogens with zero attached hydrogens (tertiary/aromatic N) is 1. The van der Waals surface area contributed by atoms with Crippen LogP contribution in [0.25, 0.3) is 0 Å². The van der Waals surface area contributed by atoms with Crippen molar-refractivity contribution in [1.29, 1.82) is 0 Å². The number of aryl methyl sites for hydroxylation is 1. The fourth-order valence-electron chi connectivity index (χ4n) is 3.81. The molecule has 0 spiro atoms. The van der Waals surface area contributed by atoms with Gasteiger partial charge in [-0.05, 0) is 41.7 Å². The summed E-state index contributed by atoms with van der Waals surface area (Å²) < 4.78 is 4.79. The zero-order valence-electron chi connectivity index (χ0n) is 13.7. The average Bonchev–Trinajstić information content (AvgIpc) is 3.27. The number of likely N-dealkylation sites (N-methyl/N-ethyl adjacent to an activating group) is 1. The first-order valence-corrected chi connectivity index (χ1v) is 8.19. The Labute approximate surface area is 137 Å². The first kappa shape index (κ1) is 16.0. The third-order valence-corrected chi connectivity index (χ3v) is 5.10. The second kappa shape index (κ2) is 6.71. The van der Waals surface area contributed by atoms with Crippen LogP contribution in [0.5, 0.6) is 0 Å². The first-order valence-electron chi connectivity index (χ1n) is 8.19. The molecule has 1 fully saturated rings. The van der Waals surface area contributed by atoms with Gasteiger partial charge in [-0.2, -0.15) is 0 Å². The summed E-state index contributed by atoms with van der Waals surface area (Å²) in [6, 6.07) is 8.65. The van der Waals surface area contributed by atoms with Gasteiger partial charge in [0.15, 0.2) is 0 Å². The van der Waals surface area contributed by atoms with Crippen molar-refractivity contribution >= 4 is 11.8 Å². The molecule has 3 rings (SSSR count). The summed E-state index contributed by atoms with van der Waals surface area (Å²) in [5.41, 5.74) is 2.93. The zero-order chi connectivity index (χ0) is 16.4. The van der Waals surface area contributed by atoms with Crippen LogP contribution in [0.1, 0.15) is 23.5 Å². The van der Waals surface area contributed by atoms with E-state index in [1.165, 1.54) is 29.6 Å². The zero-order valence-corrected chi connectivity index (χ0v) is 13.7. The maximum atomic E-state index is 12.0. The molecule has 0 radical (unpaired) electrons. The van der Waals surface area contributed by atoms with Crippen molar-refractivity contribution in [3.05, 3.63) is 35.4 Å². The highest BCUT2D eigenvalue weighted by Gasteiger charge is 2.52. The van der Waals surface area contributed by atoms with Gasteiger partial charge in [-0.15, -0.1) is 0 Å². The molecule has 2 aliphatic carbocycles. The van der Waals surface area contributed by atoms with Crippen molar-refractivity contribution in [2.45, 2.75) is 18.8 Å². The summed E-state index contributed by atoms with van der Waals surface area (Å²) in [6.45, 7) is 0.795. The summed E-state index contributed by atoms with van der Waals surface area (Å²) in [4.78, 5) is 25.0. The number of rotatable bonds is 6. The van der Waals surface area contributed by atoms with Gasteiger partial charge in [0.05, 0.1) is 6.54 Å². The molecule has 0 saturated heterocycles. The number of hydrogen-bond donors (Lipinski definition) is 1. The molecule has 3 atom stereocenters. The molecule has 0 bridgehead atoms. The summed E-state index contributed by atoms with van der Waals surface area (Å²) >= 11 is 0. The number of benzene rings is 1. The first-order chi connectivity index (χ1) is 11.1. The standard InChI is InChI=1S/C18H24N2O3/c1-20(17(22)11-23-2)10-16(21)19-9-15-14-8-7-12-5-3-4-6-13(12)18(14)15/h3-6,14-15,18H,7-11H2,1-2H3,(H,19,21)/t14-,15-,18-/m0/s1. The highest BCUT2D eigenvalue weighted by molar-refractivity contribution is 5.85. The predicted molar refractivity (Wildman–Crippen MR) is 87.0 cm³/mol. The predicted octanol–water partition coefficient (Wildman–Crippen LogP) is 1.18. The Balaban J connectivity index is 1.47. The second-order valence-corrected chi connectivity index (χ2v) is 6.58. The Hall–Kier alpha value is -1.88. The number of nitrogens with one attached hydrogen (secondary N) is 1. The van der Waals surface area contributed by atoms with E-state index in [9.17, 15) is 9.59 Å². The SMILES string of the molecule is COCC(=O)N(C)CC(=O)NC[C@H]1[C@@H]2CCc3ccccc3[C@@H]21. The molecule has 2 aliphatic rings.